The average Bonchev–Trinajstić information content (AvgIpc) is 3.55. The van der Waals surface area contributed by atoms with Crippen molar-refractivity contribution >= 4 is 16.9 Å². The Balaban J connectivity index is 1.56. The second-order valence-corrected chi connectivity index (χ2v) is 9.07. The van der Waals surface area contributed by atoms with Crippen molar-refractivity contribution in [1.29, 1.82) is 0 Å². The van der Waals surface area contributed by atoms with Crippen LogP contribution in [0.4, 0.5) is 0 Å². The normalized spacial score (nSPS) is 13.8. The summed E-state index contributed by atoms with van der Waals surface area (Å²) < 4.78 is 14.0. The Hall–Kier alpha value is -3.91. The van der Waals surface area contributed by atoms with Gasteiger partial charge in [0.15, 0.2) is 0 Å². The van der Waals surface area contributed by atoms with Crippen LogP contribution in [0.1, 0.15) is 48.7 Å². The monoisotopic (exact) mass is 486 g/mol. The molecule has 36 heavy (non-hydrogen) atoms. The van der Waals surface area contributed by atoms with Crippen LogP contribution in [-0.2, 0) is 24.4 Å². The number of hydrogen-bond acceptors (Lipinski definition) is 6. The number of pyridine rings is 1. The number of aromatic nitrogens is 3. The van der Waals surface area contributed by atoms with Gasteiger partial charge in [-0.2, -0.15) is 5.10 Å². The lowest BCUT2D eigenvalue weighted by Crippen LogP contribution is -2.08. The van der Waals surface area contributed by atoms with Crippen molar-refractivity contribution in [1.82, 2.24) is 14.8 Å². The summed E-state index contributed by atoms with van der Waals surface area (Å²) >= 11 is 0. The summed E-state index contributed by atoms with van der Waals surface area (Å²) in [6.07, 6.45) is 6.28. The fourth-order valence-electron chi connectivity index (χ4n) is 5.10. The molecule has 0 spiro atoms. The largest absolute Gasteiger partial charge is 0.494 e. The van der Waals surface area contributed by atoms with Crippen LogP contribution in [0.15, 0.2) is 54.7 Å². The summed E-state index contributed by atoms with van der Waals surface area (Å²) in [6, 6.07) is 15.9. The number of carboxylic acids is 1. The van der Waals surface area contributed by atoms with Gasteiger partial charge in [-0.1, -0.05) is 37.1 Å². The number of hydrogen-bond donors (Lipinski definition) is 2. The molecule has 1 aliphatic carbocycles. The standard InChI is InChI=1S/C28H30N4O4/c1-35-28-21(12-13-30-23(28)16-29)18-10-11-25-22(14-18)24(31-32(25)20-7-3-4-8-20)17-36-26-9-5-2-6-19(26)15-27(33)34/h2,5-6,9-14,20H,3-4,7-8,15-17,29H2,1H3,(H,33,34). The Morgan fingerprint density at radius 1 is 1.14 bits per heavy atom. The number of methoxy groups -OCH3 is 1. The molecule has 0 amide bonds. The van der Waals surface area contributed by atoms with Gasteiger partial charge in [-0.15, -0.1) is 0 Å². The first kappa shape index (κ1) is 23.8. The molecule has 0 aliphatic heterocycles. The molecule has 0 bridgehead atoms. The molecule has 8 nitrogen and oxygen atoms in total. The third kappa shape index (κ3) is 4.64. The molecule has 186 valence electrons. The number of para-hydroxylation sites is 1. The number of carboxylic acid groups (broad SMARTS) is 1. The van der Waals surface area contributed by atoms with Gasteiger partial charge in [-0.25, -0.2) is 0 Å². The zero-order valence-corrected chi connectivity index (χ0v) is 20.3. The summed E-state index contributed by atoms with van der Waals surface area (Å²) in [6.45, 7) is 0.519. The Labute approximate surface area is 209 Å². The topological polar surface area (TPSA) is 112 Å². The maximum absolute atomic E-state index is 11.3. The van der Waals surface area contributed by atoms with Crippen LogP contribution in [0.2, 0.25) is 0 Å². The SMILES string of the molecule is COc1c(-c2ccc3c(c2)c(COc2ccccc2CC(=O)O)nn3C2CCCC2)ccnc1CN. The van der Waals surface area contributed by atoms with Crippen molar-refractivity contribution in [3.63, 3.8) is 0 Å². The van der Waals surface area contributed by atoms with Crippen molar-refractivity contribution in [2.45, 2.75) is 51.3 Å². The lowest BCUT2D eigenvalue weighted by molar-refractivity contribution is -0.136. The maximum atomic E-state index is 11.3. The molecule has 1 aliphatic rings. The summed E-state index contributed by atoms with van der Waals surface area (Å²) in [5, 5.41) is 15.3. The van der Waals surface area contributed by atoms with Gasteiger partial charge in [0.05, 0.1) is 30.8 Å². The molecule has 8 heteroatoms. The third-order valence-corrected chi connectivity index (χ3v) is 6.82. The highest BCUT2D eigenvalue weighted by atomic mass is 16.5. The van der Waals surface area contributed by atoms with E-state index in [1.54, 1.807) is 25.4 Å². The Bertz CT molecular complexity index is 1390. The van der Waals surface area contributed by atoms with E-state index < -0.39 is 5.97 Å². The fraction of sp³-hybridized carbons (Fsp3) is 0.321. The van der Waals surface area contributed by atoms with Crippen LogP contribution < -0.4 is 15.2 Å². The number of nitrogens with zero attached hydrogens (tertiary/aromatic N) is 3. The summed E-state index contributed by atoms with van der Waals surface area (Å²) in [4.78, 5) is 15.7. The lowest BCUT2D eigenvalue weighted by atomic mass is 10.0. The van der Waals surface area contributed by atoms with E-state index >= 15 is 0 Å². The van der Waals surface area contributed by atoms with Gasteiger partial charge in [0, 0.05) is 29.3 Å². The summed E-state index contributed by atoms with van der Waals surface area (Å²) in [7, 11) is 1.63. The Morgan fingerprint density at radius 2 is 1.94 bits per heavy atom. The molecule has 0 radical (unpaired) electrons. The van der Waals surface area contributed by atoms with E-state index in [-0.39, 0.29) is 19.6 Å². The Kier molecular flexibility index (Phi) is 6.86. The highest BCUT2D eigenvalue weighted by Gasteiger charge is 2.23. The number of nitrogens with two attached hydrogens (primary N) is 1. The van der Waals surface area contributed by atoms with Gasteiger partial charge >= 0.3 is 5.97 Å². The lowest BCUT2D eigenvalue weighted by Gasteiger charge is -2.13. The van der Waals surface area contributed by atoms with E-state index in [1.807, 2.05) is 18.2 Å². The van der Waals surface area contributed by atoms with E-state index in [1.165, 1.54) is 12.8 Å². The molecular formula is C28H30N4O4. The molecule has 2 aromatic heterocycles. The first-order valence-corrected chi connectivity index (χ1v) is 12.2. The highest BCUT2D eigenvalue weighted by Crippen LogP contribution is 2.37. The molecule has 2 heterocycles. The fourth-order valence-corrected chi connectivity index (χ4v) is 5.10. The minimum absolute atomic E-state index is 0.0943. The van der Waals surface area contributed by atoms with Crippen molar-refractivity contribution in [3.8, 4) is 22.6 Å². The molecule has 2 aromatic carbocycles. The van der Waals surface area contributed by atoms with Gasteiger partial charge in [0.1, 0.15) is 23.8 Å². The predicted octanol–water partition coefficient (Wildman–Crippen LogP) is 4.89. The van der Waals surface area contributed by atoms with Crippen molar-refractivity contribution in [2.24, 2.45) is 5.73 Å². The quantitative estimate of drug-likeness (QED) is 0.346. The maximum Gasteiger partial charge on any atom is 0.307 e. The molecule has 0 unspecified atom stereocenters. The van der Waals surface area contributed by atoms with Gasteiger partial charge in [-0.05, 0) is 42.7 Å². The van der Waals surface area contributed by atoms with E-state index in [9.17, 15) is 9.90 Å². The predicted molar refractivity (Wildman–Crippen MR) is 137 cm³/mol. The first-order chi connectivity index (χ1) is 17.6. The minimum atomic E-state index is -0.894. The average molecular weight is 487 g/mol. The van der Waals surface area contributed by atoms with Crippen LogP contribution in [0.25, 0.3) is 22.0 Å². The molecule has 1 saturated carbocycles. The second-order valence-electron chi connectivity index (χ2n) is 9.07. The van der Waals surface area contributed by atoms with Gasteiger partial charge in [-0.3, -0.25) is 14.5 Å². The van der Waals surface area contributed by atoms with Crippen LogP contribution in [0.5, 0.6) is 11.5 Å². The summed E-state index contributed by atoms with van der Waals surface area (Å²) in [5.41, 5.74) is 11.0. The highest BCUT2D eigenvalue weighted by molar-refractivity contribution is 5.88. The molecule has 0 atom stereocenters. The first-order valence-electron chi connectivity index (χ1n) is 12.2. The van der Waals surface area contributed by atoms with Crippen LogP contribution in [0.3, 0.4) is 0 Å². The van der Waals surface area contributed by atoms with Crippen molar-refractivity contribution in [3.05, 3.63) is 71.7 Å². The third-order valence-electron chi connectivity index (χ3n) is 6.82. The number of fused-ring (bicyclic) bond motifs is 1. The Morgan fingerprint density at radius 3 is 2.69 bits per heavy atom. The molecule has 1 fully saturated rings. The van der Waals surface area contributed by atoms with Crippen molar-refractivity contribution in [2.75, 3.05) is 7.11 Å². The molecule has 3 N–H and O–H groups in total. The van der Waals surface area contributed by atoms with E-state index in [0.29, 0.717) is 28.8 Å². The number of benzene rings is 2. The van der Waals surface area contributed by atoms with E-state index in [4.69, 9.17) is 20.3 Å². The van der Waals surface area contributed by atoms with Gasteiger partial charge in [0.2, 0.25) is 0 Å². The number of aliphatic carboxylic acids is 1. The summed E-state index contributed by atoms with van der Waals surface area (Å²) in [5.74, 6) is 0.334. The van der Waals surface area contributed by atoms with Gasteiger partial charge < -0.3 is 20.3 Å². The molecule has 0 saturated heterocycles. The van der Waals surface area contributed by atoms with E-state index in [0.717, 1.165) is 40.6 Å². The minimum Gasteiger partial charge on any atom is -0.494 e. The van der Waals surface area contributed by atoms with E-state index in [2.05, 4.69) is 27.9 Å². The van der Waals surface area contributed by atoms with Crippen LogP contribution >= 0.6 is 0 Å². The smallest absolute Gasteiger partial charge is 0.307 e. The number of rotatable bonds is 9. The van der Waals surface area contributed by atoms with Crippen LogP contribution in [-0.4, -0.2) is 33.0 Å². The zero-order valence-electron chi connectivity index (χ0n) is 20.3. The van der Waals surface area contributed by atoms with Crippen LogP contribution in [0, 0.1) is 0 Å². The zero-order chi connectivity index (χ0) is 25.1. The molecule has 5 rings (SSSR count). The van der Waals surface area contributed by atoms with Gasteiger partial charge in [0.25, 0.3) is 0 Å². The van der Waals surface area contributed by atoms with Crippen molar-refractivity contribution < 1.29 is 19.4 Å². The molecule has 4 aromatic rings. The molecular weight excluding hydrogens is 456 g/mol. The number of ether oxygens (including phenoxy) is 2. The second kappa shape index (κ2) is 10.4. The number of carbonyl (C=O) groups is 1.